The zero-order valence-electron chi connectivity index (χ0n) is 17.1. The third-order valence-corrected chi connectivity index (χ3v) is 6.13. The highest BCUT2D eigenvalue weighted by atomic mass is 35.5. The maximum absolute atomic E-state index is 12.8. The Labute approximate surface area is 183 Å². The molecule has 0 bridgehead atoms. The molecule has 0 spiro atoms. The second-order valence-corrected chi connectivity index (χ2v) is 8.64. The molecule has 1 saturated heterocycles. The predicted octanol–water partition coefficient (Wildman–Crippen LogP) is 1.26. The van der Waals surface area contributed by atoms with E-state index in [4.69, 9.17) is 16.3 Å². The second kappa shape index (κ2) is 8.94. The maximum Gasteiger partial charge on any atom is 0.352 e. The summed E-state index contributed by atoms with van der Waals surface area (Å²) in [4.78, 5) is 37.6. The van der Waals surface area contributed by atoms with Crippen molar-refractivity contribution in [2.24, 2.45) is 0 Å². The summed E-state index contributed by atoms with van der Waals surface area (Å²) in [7, 11) is 0. The van der Waals surface area contributed by atoms with E-state index in [2.05, 4.69) is 10.4 Å². The van der Waals surface area contributed by atoms with Gasteiger partial charge < -0.3 is 15.2 Å². The van der Waals surface area contributed by atoms with Crippen LogP contribution in [0.25, 0.3) is 5.69 Å². The molecular weight excluding hydrogens is 424 g/mol. The van der Waals surface area contributed by atoms with Crippen LogP contribution in [0, 0.1) is 0 Å². The van der Waals surface area contributed by atoms with Gasteiger partial charge in [-0.25, -0.2) is 4.79 Å². The highest BCUT2D eigenvalue weighted by Crippen LogP contribution is 2.27. The Morgan fingerprint density at radius 1 is 1.26 bits per heavy atom. The number of carbonyl (C=O) groups is 1. The van der Waals surface area contributed by atoms with Crippen LogP contribution in [-0.2, 0) is 11.3 Å². The summed E-state index contributed by atoms with van der Waals surface area (Å²) in [6.45, 7) is 0.794. The first-order valence-corrected chi connectivity index (χ1v) is 10.9. The maximum atomic E-state index is 12.8. The van der Waals surface area contributed by atoms with Gasteiger partial charge in [-0.05, 0) is 31.0 Å². The van der Waals surface area contributed by atoms with Gasteiger partial charge >= 0.3 is 5.69 Å². The van der Waals surface area contributed by atoms with E-state index in [1.54, 1.807) is 6.07 Å². The summed E-state index contributed by atoms with van der Waals surface area (Å²) in [5, 5.41) is 17.7. The number of halogens is 1. The third-order valence-electron chi connectivity index (χ3n) is 5.80. The molecular formula is C21H25ClN4O5. The number of hydrogen-bond acceptors (Lipinski definition) is 6. The number of hydrogen-bond donors (Lipinski definition) is 2. The molecule has 1 saturated carbocycles. The highest BCUT2D eigenvalue weighted by molar-refractivity contribution is 6.33. The van der Waals surface area contributed by atoms with E-state index >= 15 is 0 Å². The Balaban J connectivity index is 1.56. The van der Waals surface area contributed by atoms with Gasteiger partial charge in [0, 0.05) is 6.54 Å². The van der Waals surface area contributed by atoms with Gasteiger partial charge in [-0.2, -0.15) is 9.78 Å². The highest BCUT2D eigenvalue weighted by Gasteiger charge is 2.29. The number of nitrogens with zero attached hydrogens (tertiary/aromatic N) is 3. The summed E-state index contributed by atoms with van der Waals surface area (Å²) in [5.74, 6) is -0.447. The molecule has 1 unspecified atom stereocenters. The lowest BCUT2D eigenvalue weighted by Gasteiger charge is -2.26. The Morgan fingerprint density at radius 2 is 1.97 bits per heavy atom. The van der Waals surface area contributed by atoms with Gasteiger partial charge in [0.1, 0.15) is 6.20 Å². The van der Waals surface area contributed by atoms with Gasteiger partial charge in [0.05, 0.1) is 41.1 Å². The summed E-state index contributed by atoms with van der Waals surface area (Å²) in [5.41, 5.74) is -1.59. The lowest BCUT2D eigenvalue weighted by atomic mass is 9.94. The molecule has 1 aliphatic heterocycles. The average Bonchev–Trinajstić information content (AvgIpc) is 3.58. The van der Waals surface area contributed by atoms with Crippen molar-refractivity contribution in [1.82, 2.24) is 19.7 Å². The van der Waals surface area contributed by atoms with E-state index in [1.807, 2.05) is 0 Å². The Morgan fingerprint density at radius 3 is 2.65 bits per heavy atom. The predicted molar refractivity (Wildman–Crippen MR) is 114 cm³/mol. The van der Waals surface area contributed by atoms with E-state index < -0.39 is 22.8 Å². The standard InChI is InChI=1S/C21H25ClN4O5/c22-17-6-5-14(26-20(29)25(11-15-12-31-15)18(27)10-24-26)9-16(17)19(28)23-13-21(30)7-3-1-2-4-8-21/h5-6,9-10,15,30H,1-4,7-8,11-13H2,(H,23,28). The van der Waals surface area contributed by atoms with Crippen molar-refractivity contribution in [2.75, 3.05) is 13.2 Å². The van der Waals surface area contributed by atoms with Crippen LogP contribution in [0.15, 0.2) is 34.0 Å². The second-order valence-electron chi connectivity index (χ2n) is 8.23. The van der Waals surface area contributed by atoms with Gasteiger partial charge in [0.25, 0.3) is 11.5 Å². The van der Waals surface area contributed by atoms with E-state index in [0.717, 1.165) is 41.1 Å². The molecule has 0 radical (unpaired) electrons. The Hall–Kier alpha value is -2.49. The number of rotatable bonds is 6. The molecule has 2 aliphatic rings. The largest absolute Gasteiger partial charge is 0.388 e. The van der Waals surface area contributed by atoms with Crippen molar-refractivity contribution in [3.63, 3.8) is 0 Å². The van der Waals surface area contributed by atoms with Crippen LogP contribution < -0.4 is 16.6 Å². The van der Waals surface area contributed by atoms with Crippen molar-refractivity contribution < 1.29 is 14.6 Å². The number of amides is 1. The molecule has 9 nitrogen and oxygen atoms in total. The van der Waals surface area contributed by atoms with Gasteiger partial charge in [-0.3, -0.25) is 14.2 Å². The van der Waals surface area contributed by atoms with Crippen molar-refractivity contribution in [2.45, 2.75) is 56.8 Å². The fraction of sp³-hybridized carbons (Fsp3) is 0.524. The molecule has 1 atom stereocenters. The molecule has 2 aromatic rings. The topological polar surface area (TPSA) is 119 Å². The average molecular weight is 449 g/mol. The van der Waals surface area contributed by atoms with Crippen LogP contribution in [0.5, 0.6) is 0 Å². The zero-order valence-corrected chi connectivity index (χ0v) is 17.8. The van der Waals surface area contributed by atoms with Gasteiger partial charge in [0.15, 0.2) is 0 Å². The van der Waals surface area contributed by atoms with Crippen LogP contribution in [0.2, 0.25) is 5.02 Å². The van der Waals surface area contributed by atoms with E-state index in [1.165, 1.54) is 12.1 Å². The number of carbonyl (C=O) groups excluding carboxylic acids is 1. The number of aromatic nitrogens is 3. The lowest BCUT2D eigenvalue weighted by molar-refractivity contribution is 0.0246. The Kier molecular flexibility index (Phi) is 6.27. The first kappa shape index (κ1) is 21.7. The number of benzene rings is 1. The molecule has 1 aromatic carbocycles. The summed E-state index contributed by atoms with van der Waals surface area (Å²) < 4.78 is 7.22. The monoisotopic (exact) mass is 448 g/mol. The van der Waals surface area contributed by atoms with Crippen LogP contribution in [0.1, 0.15) is 48.9 Å². The number of ether oxygens (including phenoxy) is 1. The van der Waals surface area contributed by atoms with Gasteiger partial charge in [-0.1, -0.05) is 37.3 Å². The normalized spacial score (nSPS) is 20.1. The molecule has 1 aliphatic carbocycles. The quantitative estimate of drug-likeness (QED) is 0.507. The Bertz CT molecular complexity index is 1080. The van der Waals surface area contributed by atoms with E-state index in [0.29, 0.717) is 25.1 Å². The first-order valence-electron chi connectivity index (χ1n) is 10.5. The van der Waals surface area contributed by atoms with Crippen LogP contribution in [-0.4, -0.2) is 50.2 Å². The molecule has 1 aromatic heterocycles. The number of epoxide rings is 1. The van der Waals surface area contributed by atoms with Gasteiger partial charge in [0.2, 0.25) is 0 Å². The van der Waals surface area contributed by atoms with E-state index in [-0.39, 0.29) is 29.8 Å². The number of nitrogens with one attached hydrogen (secondary N) is 1. The minimum absolute atomic E-state index is 0.136. The van der Waals surface area contributed by atoms with Crippen LogP contribution in [0.4, 0.5) is 0 Å². The van der Waals surface area contributed by atoms with Crippen molar-refractivity contribution in [3.8, 4) is 5.69 Å². The summed E-state index contributed by atoms with van der Waals surface area (Å²) in [6.07, 6.45) is 6.22. The molecule has 10 heteroatoms. The lowest BCUT2D eigenvalue weighted by Crippen LogP contribution is -2.43. The third kappa shape index (κ3) is 5.06. The molecule has 166 valence electrons. The molecule has 1 amide bonds. The number of aliphatic hydroxyl groups is 1. The van der Waals surface area contributed by atoms with Crippen LogP contribution >= 0.6 is 11.6 Å². The first-order chi connectivity index (χ1) is 14.9. The SMILES string of the molecule is O=C(NCC1(O)CCCCCC1)c1cc(-n2ncc(=O)n(CC3CO3)c2=O)ccc1Cl. The molecule has 4 rings (SSSR count). The summed E-state index contributed by atoms with van der Waals surface area (Å²) in [6, 6.07) is 4.50. The van der Waals surface area contributed by atoms with Crippen molar-refractivity contribution >= 4 is 17.5 Å². The van der Waals surface area contributed by atoms with Crippen molar-refractivity contribution in [1.29, 1.82) is 0 Å². The fourth-order valence-electron chi connectivity index (χ4n) is 3.88. The minimum atomic E-state index is -0.922. The molecule has 31 heavy (non-hydrogen) atoms. The summed E-state index contributed by atoms with van der Waals surface area (Å²) >= 11 is 6.23. The minimum Gasteiger partial charge on any atom is -0.388 e. The van der Waals surface area contributed by atoms with E-state index in [9.17, 15) is 19.5 Å². The molecule has 2 fully saturated rings. The smallest absolute Gasteiger partial charge is 0.352 e. The molecule has 2 N–H and O–H groups in total. The van der Waals surface area contributed by atoms with Gasteiger partial charge in [-0.15, -0.1) is 0 Å². The molecule has 2 heterocycles. The van der Waals surface area contributed by atoms with Crippen molar-refractivity contribution in [3.05, 3.63) is 55.8 Å². The zero-order chi connectivity index (χ0) is 22.0. The van der Waals surface area contributed by atoms with Crippen LogP contribution in [0.3, 0.4) is 0 Å². The fourth-order valence-corrected chi connectivity index (χ4v) is 4.08.